The first kappa shape index (κ1) is 23.8. The summed E-state index contributed by atoms with van der Waals surface area (Å²) in [6.45, 7) is 1.85. The van der Waals surface area contributed by atoms with E-state index in [1.807, 2.05) is 11.8 Å². The summed E-state index contributed by atoms with van der Waals surface area (Å²) in [5.41, 5.74) is 1.69. The molecule has 2 aliphatic rings. The highest BCUT2D eigenvalue weighted by Gasteiger charge is 2.41. The second kappa shape index (κ2) is 9.37. The molecule has 1 atom stereocenters. The smallest absolute Gasteiger partial charge is 0.254 e. The summed E-state index contributed by atoms with van der Waals surface area (Å²) in [6.07, 6.45) is 6.65. The summed E-state index contributed by atoms with van der Waals surface area (Å²) < 4.78 is 29.2. The predicted octanol–water partition coefficient (Wildman–Crippen LogP) is 5.45. The van der Waals surface area contributed by atoms with Crippen molar-refractivity contribution in [1.29, 1.82) is 5.26 Å². The predicted molar refractivity (Wildman–Crippen MR) is 138 cm³/mol. The number of nitriles is 1. The highest BCUT2D eigenvalue weighted by atomic mass is 19.1. The zero-order valence-corrected chi connectivity index (χ0v) is 20.6. The van der Waals surface area contributed by atoms with Crippen LogP contribution in [0.2, 0.25) is 0 Å². The quantitative estimate of drug-likeness (QED) is 0.372. The highest BCUT2D eigenvalue weighted by molar-refractivity contribution is 6.10. The van der Waals surface area contributed by atoms with Gasteiger partial charge in [0.25, 0.3) is 5.91 Å². The van der Waals surface area contributed by atoms with E-state index in [1.54, 1.807) is 24.3 Å². The maximum Gasteiger partial charge on any atom is 0.254 e. The average Bonchev–Trinajstić information content (AvgIpc) is 3.33. The van der Waals surface area contributed by atoms with E-state index in [-0.39, 0.29) is 34.5 Å². The monoisotopic (exact) mass is 514 g/mol. The molecule has 1 amide bonds. The van der Waals surface area contributed by atoms with Gasteiger partial charge >= 0.3 is 0 Å². The summed E-state index contributed by atoms with van der Waals surface area (Å²) in [4.78, 5) is 26.5. The molecule has 2 aromatic heterocycles. The van der Waals surface area contributed by atoms with Crippen molar-refractivity contribution in [2.24, 2.45) is 0 Å². The number of aromatic amines is 1. The van der Waals surface area contributed by atoms with Crippen molar-refractivity contribution < 1.29 is 13.6 Å². The van der Waals surface area contributed by atoms with Gasteiger partial charge in [0.1, 0.15) is 11.7 Å². The van der Waals surface area contributed by atoms with Gasteiger partial charge in [-0.05, 0) is 50.1 Å². The zero-order valence-electron chi connectivity index (χ0n) is 20.6. The van der Waals surface area contributed by atoms with Crippen molar-refractivity contribution in [3.05, 3.63) is 59.9 Å². The number of anilines is 5. The number of amides is 1. The molecule has 0 spiro atoms. The molecule has 1 aliphatic carbocycles. The molecule has 1 aliphatic heterocycles. The van der Waals surface area contributed by atoms with Crippen molar-refractivity contribution >= 4 is 45.6 Å². The lowest BCUT2D eigenvalue weighted by molar-refractivity contribution is -0.119. The van der Waals surface area contributed by atoms with E-state index in [0.717, 1.165) is 32.1 Å². The van der Waals surface area contributed by atoms with Gasteiger partial charge in [-0.1, -0.05) is 25.3 Å². The van der Waals surface area contributed by atoms with Gasteiger partial charge in [-0.3, -0.25) is 14.8 Å². The molecule has 2 N–H and O–H groups in total. The lowest BCUT2D eigenvalue weighted by Crippen LogP contribution is -2.55. The van der Waals surface area contributed by atoms with Crippen LogP contribution in [0.1, 0.15) is 44.6 Å². The fourth-order valence-corrected chi connectivity index (χ4v) is 5.46. The molecule has 6 rings (SSSR count). The van der Waals surface area contributed by atoms with Crippen LogP contribution >= 0.6 is 0 Å². The van der Waals surface area contributed by atoms with Crippen molar-refractivity contribution in [2.75, 3.05) is 15.1 Å². The summed E-state index contributed by atoms with van der Waals surface area (Å²) in [5.74, 6) is -1.23. The third-order valence-corrected chi connectivity index (χ3v) is 7.30. The number of H-pyrrole nitrogens is 1. The molecular weight excluding hydrogens is 490 g/mol. The van der Waals surface area contributed by atoms with Crippen molar-refractivity contribution in [3.8, 4) is 6.07 Å². The van der Waals surface area contributed by atoms with Crippen LogP contribution in [0.4, 0.5) is 37.6 Å². The Kier molecular flexibility index (Phi) is 5.87. The van der Waals surface area contributed by atoms with Gasteiger partial charge in [-0.25, -0.2) is 9.37 Å². The number of rotatable bonds is 4. The highest BCUT2D eigenvalue weighted by Crippen LogP contribution is 2.42. The Hall–Kier alpha value is -4.59. The standard InChI is InChI=1S/C27H24F2N8O/c1-15-26(38)37(18-9-5-6-16(12-18)13-30)21-14-31-27(33-25(21)36(15)17-7-3-2-4-8-17)32-20-11-10-19-22(23(20)28)24(29)35-34-19/h5-6,9-12,14-15,17H,2-4,7-8H2,1H3,(H,34,35)(H,31,32,33)/t15-/m1/s1. The molecule has 11 heteroatoms. The molecule has 1 fully saturated rings. The molecule has 1 saturated carbocycles. The lowest BCUT2D eigenvalue weighted by Gasteiger charge is -2.45. The fraction of sp³-hybridized carbons (Fsp3) is 0.296. The van der Waals surface area contributed by atoms with Crippen LogP contribution in [0.25, 0.3) is 10.9 Å². The van der Waals surface area contributed by atoms with Gasteiger partial charge in [-0.15, -0.1) is 5.10 Å². The van der Waals surface area contributed by atoms with E-state index in [9.17, 15) is 14.4 Å². The van der Waals surface area contributed by atoms with E-state index >= 15 is 4.39 Å². The Morgan fingerprint density at radius 1 is 1.16 bits per heavy atom. The number of nitrogens with zero attached hydrogens (tertiary/aromatic N) is 6. The Morgan fingerprint density at radius 3 is 2.76 bits per heavy atom. The molecule has 4 aromatic rings. The number of fused-ring (bicyclic) bond motifs is 2. The fourth-order valence-electron chi connectivity index (χ4n) is 5.46. The first-order valence-corrected chi connectivity index (χ1v) is 12.5. The van der Waals surface area contributed by atoms with E-state index in [1.165, 1.54) is 23.2 Å². The van der Waals surface area contributed by atoms with Gasteiger partial charge < -0.3 is 10.2 Å². The van der Waals surface area contributed by atoms with E-state index in [0.29, 0.717) is 22.8 Å². The van der Waals surface area contributed by atoms with Gasteiger partial charge in [0, 0.05) is 6.04 Å². The lowest BCUT2D eigenvalue weighted by atomic mass is 9.92. The van der Waals surface area contributed by atoms with Crippen LogP contribution in [-0.4, -0.2) is 38.2 Å². The Bertz CT molecular complexity index is 1590. The number of aromatic nitrogens is 4. The number of carbonyl (C=O) groups excluding carboxylic acids is 1. The molecular formula is C27H24F2N8O. The third kappa shape index (κ3) is 3.89. The van der Waals surface area contributed by atoms with E-state index in [4.69, 9.17) is 4.98 Å². The van der Waals surface area contributed by atoms with Crippen LogP contribution in [0, 0.1) is 23.1 Å². The molecule has 38 heavy (non-hydrogen) atoms. The maximum absolute atomic E-state index is 15.1. The largest absolute Gasteiger partial charge is 0.340 e. The van der Waals surface area contributed by atoms with Gasteiger partial charge in [0.2, 0.25) is 11.9 Å². The maximum atomic E-state index is 15.1. The van der Waals surface area contributed by atoms with Gasteiger partial charge in [0.05, 0.1) is 40.1 Å². The zero-order chi connectivity index (χ0) is 26.4. The minimum atomic E-state index is -0.932. The minimum absolute atomic E-state index is 0.000443. The molecule has 3 heterocycles. The average molecular weight is 515 g/mol. The summed E-state index contributed by atoms with van der Waals surface area (Å²) >= 11 is 0. The van der Waals surface area contributed by atoms with Crippen LogP contribution in [0.15, 0.2) is 42.6 Å². The second-order valence-electron chi connectivity index (χ2n) is 9.60. The van der Waals surface area contributed by atoms with Gasteiger partial charge in [0.15, 0.2) is 11.6 Å². The van der Waals surface area contributed by atoms with Crippen molar-refractivity contribution in [3.63, 3.8) is 0 Å². The number of benzene rings is 2. The number of halogens is 2. The van der Waals surface area contributed by atoms with Crippen LogP contribution < -0.4 is 15.1 Å². The molecule has 0 bridgehead atoms. The Morgan fingerprint density at radius 2 is 1.97 bits per heavy atom. The molecule has 0 unspecified atom stereocenters. The van der Waals surface area contributed by atoms with E-state index < -0.39 is 17.8 Å². The first-order valence-electron chi connectivity index (χ1n) is 12.5. The van der Waals surface area contributed by atoms with Crippen molar-refractivity contribution in [1.82, 2.24) is 20.2 Å². The van der Waals surface area contributed by atoms with Crippen LogP contribution in [0.5, 0.6) is 0 Å². The summed E-state index contributed by atoms with van der Waals surface area (Å²) in [5, 5.41) is 17.9. The number of hydrogen-bond acceptors (Lipinski definition) is 7. The Balaban J connectivity index is 1.46. The third-order valence-electron chi connectivity index (χ3n) is 7.30. The minimum Gasteiger partial charge on any atom is -0.340 e. The second-order valence-corrected chi connectivity index (χ2v) is 9.60. The molecule has 0 saturated heterocycles. The Labute approximate surface area is 217 Å². The topological polar surface area (TPSA) is 114 Å². The van der Waals surface area contributed by atoms with Gasteiger partial charge in [-0.2, -0.15) is 14.6 Å². The molecule has 0 radical (unpaired) electrons. The number of carbonyl (C=O) groups is 1. The van der Waals surface area contributed by atoms with E-state index in [2.05, 4.69) is 26.6 Å². The SMILES string of the molecule is C[C@@H]1C(=O)N(c2cccc(C#N)c2)c2cnc(Nc3ccc4[nH]nc(F)c4c3F)nc2N1C1CCCCC1. The molecule has 9 nitrogen and oxygen atoms in total. The van der Waals surface area contributed by atoms with Crippen LogP contribution in [0.3, 0.4) is 0 Å². The normalized spacial score (nSPS) is 17.9. The number of hydrogen-bond donors (Lipinski definition) is 2. The summed E-state index contributed by atoms with van der Waals surface area (Å²) in [6, 6.07) is 11.5. The number of nitrogens with one attached hydrogen (secondary N) is 2. The summed E-state index contributed by atoms with van der Waals surface area (Å²) in [7, 11) is 0. The molecule has 2 aromatic carbocycles. The first-order chi connectivity index (χ1) is 18.5. The molecule has 192 valence electrons. The van der Waals surface area contributed by atoms with Crippen LogP contribution in [-0.2, 0) is 4.79 Å². The van der Waals surface area contributed by atoms with Crippen molar-refractivity contribution in [2.45, 2.75) is 51.1 Å².